The summed E-state index contributed by atoms with van der Waals surface area (Å²) in [5.41, 5.74) is 1.40. The highest BCUT2D eigenvalue weighted by atomic mass is 32.2. The van der Waals surface area contributed by atoms with Gasteiger partial charge in [-0.1, -0.05) is 30.3 Å². The monoisotopic (exact) mass is 237 g/mol. The van der Waals surface area contributed by atoms with Gasteiger partial charge in [-0.2, -0.15) is 0 Å². The van der Waals surface area contributed by atoms with E-state index >= 15 is 0 Å². The second-order valence-corrected chi connectivity index (χ2v) is 5.32. The molecule has 1 aromatic rings. The van der Waals surface area contributed by atoms with Crippen molar-refractivity contribution in [3.8, 4) is 0 Å². The first-order valence-corrected chi connectivity index (χ1v) is 6.85. The van der Waals surface area contributed by atoms with E-state index in [2.05, 4.69) is 35.6 Å². The Morgan fingerprint density at radius 2 is 2.19 bits per heavy atom. The first kappa shape index (κ1) is 12.0. The highest BCUT2D eigenvalue weighted by Gasteiger charge is 2.24. The first-order chi connectivity index (χ1) is 7.90. The van der Waals surface area contributed by atoms with Crippen molar-refractivity contribution in [2.24, 2.45) is 0 Å². The second-order valence-electron chi connectivity index (χ2n) is 4.09. The van der Waals surface area contributed by atoms with E-state index in [0.717, 1.165) is 25.4 Å². The van der Waals surface area contributed by atoms with Crippen LogP contribution in [0.4, 0.5) is 0 Å². The minimum absolute atomic E-state index is 0.582. The predicted molar refractivity (Wildman–Crippen MR) is 69.8 cm³/mol. The van der Waals surface area contributed by atoms with Gasteiger partial charge in [0.15, 0.2) is 0 Å². The van der Waals surface area contributed by atoms with Crippen molar-refractivity contribution in [2.45, 2.75) is 23.5 Å². The number of hydrogen-bond acceptors (Lipinski definition) is 3. The lowest BCUT2D eigenvalue weighted by Crippen LogP contribution is -2.43. The third-order valence-corrected chi connectivity index (χ3v) is 4.37. The van der Waals surface area contributed by atoms with Gasteiger partial charge < -0.3 is 10.1 Å². The summed E-state index contributed by atoms with van der Waals surface area (Å²) in [6.45, 7) is 1.77. The van der Waals surface area contributed by atoms with Gasteiger partial charge in [-0.3, -0.25) is 0 Å². The second kappa shape index (κ2) is 6.28. The zero-order valence-electron chi connectivity index (χ0n) is 9.69. The summed E-state index contributed by atoms with van der Waals surface area (Å²) in [4.78, 5) is 0. The highest BCUT2D eigenvalue weighted by Crippen LogP contribution is 2.24. The van der Waals surface area contributed by atoms with E-state index in [4.69, 9.17) is 4.74 Å². The standard InChI is InChI=1S/C13H19NOS/c1-14-12-7-8-15-9-13(12)16-10-11-5-3-2-4-6-11/h2-6,12-14H,7-10H2,1H3. The number of hydrogen-bond donors (Lipinski definition) is 1. The third kappa shape index (κ3) is 3.24. The summed E-state index contributed by atoms with van der Waals surface area (Å²) in [6.07, 6.45) is 1.13. The molecular weight excluding hydrogens is 218 g/mol. The molecule has 0 saturated carbocycles. The van der Waals surface area contributed by atoms with Gasteiger partial charge in [0.1, 0.15) is 0 Å². The summed E-state index contributed by atoms with van der Waals surface area (Å²) in [5.74, 6) is 1.08. The minimum atomic E-state index is 0.582. The van der Waals surface area contributed by atoms with Gasteiger partial charge >= 0.3 is 0 Å². The number of thioether (sulfide) groups is 1. The van der Waals surface area contributed by atoms with Crippen LogP contribution in [-0.2, 0) is 10.5 Å². The maximum Gasteiger partial charge on any atom is 0.0600 e. The lowest BCUT2D eigenvalue weighted by molar-refractivity contribution is 0.0850. The molecule has 0 radical (unpaired) electrons. The first-order valence-electron chi connectivity index (χ1n) is 5.80. The minimum Gasteiger partial charge on any atom is -0.380 e. The van der Waals surface area contributed by atoms with Crippen molar-refractivity contribution in [1.29, 1.82) is 0 Å². The average Bonchev–Trinajstić information content (AvgIpc) is 2.38. The van der Waals surface area contributed by atoms with E-state index in [0.29, 0.717) is 11.3 Å². The van der Waals surface area contributed by atoms with Gasteiger partial charge in [-0.05, 0) is 19.0 Å². The predicted octanol–water partition coefficient (Wildman–Crippen LogP) is 2.30. The summed E-state index contributed by atoms with van der Waals surface area (Å²) < 4.78 is 5.54. The van der Waals surface area contributed by atoms with E-state index in [9.17, 15) is 0 Å². The molecule has 0 amide bonds. The topological polar surface area (TPSA) is 21.3 Å². The molecule has 1 saturated heterocycles. The Bertz CT molecular complexity index is 304. The van der Waals surface area contributed by atoms with Gasteiger partial charge in [-0.25, -0.2) is 0 Å². The van der Waals surface area contributed by atoms with Crippen molar-refractivity contribution in [3.63, 3.8) is 0 Å². The molecule has 2 atom stereocenters. The summed E-state index contributed by atoms with van der Waals surface area (Å²) >= 11 is 2.00. The van der Waals surface area contributed by atoms with Gasteiger partial charge in [0.25, 0.3) is 0 Å². The molecule has 1 aliphatic heterocycles. The molecule has 0 aromatic heterocycles. The third-order valence-electron chi connectivity index (χ3n) is 2.98. The van der Waals surface area contributed by atoms with Crippen LogP contribution >= 0.6 is 11.8 Å². The Morgan fingerprint density at radius 3 is 2.94 bits per heavy atom. The van der Waals surface area contributed by atoms with Crippen LogP contribution in [-0.4, -0.2) is 31.6 Å². The Morgan fingerprint density at radius 1 is 1.38 bits per heavy atom. The van der Waals surface area contributed by atoms with Crippen molar-refractivity contribution in [2.75, 3.05) is 20.3 Å². The molecule has 1 fully saturated rings. The molecule has 1 aromatic carbocycles. The van der Waals surface area contributed by atoms with E-state index < -0.39 is 0 Å². The lowest BCUT2D eigenvalue weighted by Gasteiger charge is -2.30. The van der Waals surface area contributed by atoms with Crippen molar-refractivity contribution < 1.29 is 4.74 Å². The zero-order chi connectivity index (χ0) is 11.2. The largest absolute Gasteiger partial charge is 0.380 e. The Hall–Kier alpha value is -0.510. The molecule has 1 aliphatic rings. The van der Waals surface area contributed by atoms with Crippen LogP contribution < -0.4 is 5.32 Å². The molecule has 0 spiro atoms. The van der Waals surface area contributed by atoms with Gasteiger partial charge in [0.05, 0.1) is 6.61 Å². The smallest absolute Gasteiger partial charge is 0.0600 e. The number of benzene rings is 1. The average molecular weight is 237 g/mol. The zero-order valence-corrected chi connectivity index (χ0v) is 10.5. The summed E-state index contributed by atoms with van der Waals surface area (Å²) in [7, 11) is 2.05. The molecule has 0 bridgehead atoms. The molecule has 88 valence electrons. The molecule has 2 unspecified atom stereocenters. The molecule has 0 aliphatic carbocycles. The molecule has 1 N–H and O–H groups in total. The van der Waals surface area contributed by atoms with Crippen LogP contribution in [0, 0.1) is 0 Å². The normalized spacial score (nSPS) is 25.6. The molecule has 3 heteroatoms. The van der Waals surface area contributed by atoms with Gasteiger partial charge in [-0.15, -0.1) is 11.8 Å². The molecule has 2 nitrogen and oxygen atoms in total. The molecular formula is C13H19NOS. The van der Waals surface area contributed by atoms with Gasteiger partial charge in [0, 0.05) is 23.7 Å². The molecule has 1 heterocycles. The van der Waals surface area contributed by atoms with E-state index in [-0.39, 0.29) is 0 Å². The van der Waals surface area contributed by atoms with E-state index in [1.54, 1.807) is 0 Å². The maximum atomic E-state index is 5.54. The van der Waals surface area contributed by atoms with Crippen molar-refractivity contribution in [1.82, 2.24) is 5.32 Å². The fourth-order valence-electron chi connectivity index (χ4n) is 1.98. The molecule has 2 rings (SSSR count). The summed E-state index contributed by atoms with van der Waals surface area (Å²) in [6, 6.07) is 11.2. The Kier molecular flexibility index (Phi) is 4.69. The van der Waals surface area contributed by atoms with E-state index in [1.807, 2.05) is 18.8 Å². The Balaban J connectivity index is 1.84. The van der Waals surface area contributed by atoms with Crippen LogP contribution in [0.5, 0.6) is 0 Å². The Labute approximate surface area is 102 Å². The van der Waals surface area contributed by atoms with Crippen LogP contribution in [0.3, 0.4) is 0 Å². The fourth-order valence-corrected chi connectivity index (χ4v) is 3.28. The lowest BCUT2D eigenvalue weighted by atomic mass is 10.1. The number of nitrogens with one attached hydrogen (secondary N) is 1. The quantitative estimate of drug-likeness (QED) is 0.868. The van der Waals surface area contributed by atoms with Crippen molar-refractivity contribution >= 4 is 11.8 Å². The molecule has 16 heavy (non-hydrogen) atoms. The van der Waals surface area contributed by atoms with Gasteiger partial charge in [0.2, 0.25) is 0 Å². The summed E-state index contributed by atoms with van der Waals surface area (Å²) in [5, 5.41) is 3.97. The van der Waals surface area contributed by atoms with Crippen LogP contribution in [0.1, 0.15) is 12.0 Å². The highest BCUT2D eigenvalue weighted by molar-refractivity contribution is 7.99. The fraction of sp³-hybridized carbons (Fsp3) is 0.538. The SMILES string of the molecule is CNC1CCOCC1SCc1ccccc1. The number of ether oxygens (including phenoxy) is 1. The van der Waals surface area contributed by atoms with E-state index in [1.165, 1.54) is 5.56 Å². The van der Waals surface area contributed by atoms with Crippen LogP contribution in [0.15, 0.2) is 30.3 Å². The van der Waals surface area contributed by atoms with Crippen LogP contribution in [0.25, 0.3) is 0 Å². The maximum absolute atomic E-state index is 5.54. The van der Waals surface area contributed by atoms with Crippen molar-refractivity contribution in [3.05, 3.63) is 35.9 Å². The number of rotatable bonds is 4. The van der Waals surface area contributed by atoms with Crippen LogP contribution in [0.2, 0.25) is 0 Å².